The number of carbonyl (C=O) groups is 1. The Balaban J connectivity index is 1.36. The Morgan fingerprint density at radius 3 is 2.69 bits per heavy atom. The average Bonchev–Trinajstić information content (AvgIpc) is 3.09. The summed E-state index contributed by atoms with van der Waals surface area (Å²) in [5, 5.41) is 12.1. The summed E-state index contributed by atoms with van der Waals surface area (Å²) in [6.45, 7) is 9.68. The Bertz CT molecular complexity index is 935. The van der Waals surface area contributed by atoms with Crippen molar-refractivity contribution in [3.8, 4) is 5.75 Å². The summed E-state index contributed by atoms with van der Waals surface area (Å²) in [7, 11) is 3.82. The molecule has 2 aromatic rings. The van der Waals surface area contributed by atoms with Crippen molar-refractivity contribution in [3.05, 3.63) is 41.0 Å². The third-order valence-electron chi connectivity index (χ3n) is 6.85. The Labute approximate surface area is 190 Å². The molecule has 1 fully saturated rings. The first-order chi connectivity index (χ1) is 15.4. The molecule has 0 radical (unpaired) electrons. The first-order valence-corrected chi connectivity index (χ1v) is 11.7. The second kappa shape index (κ2) is 10.0. The Kier molecular flexibility index (Phi) is 7.10. The van der Waals surface area contributed by atoms with E-state index < -0.39 is 0 Å². The number of ether oxygens (including phenoxy) is 1. The zero-order valence-corrected chi connectivity index (χ0v) is 19.8. The van der Waals surface area contributed by atoms with Crippen molar-refractivity contribution in [1.82, 2.24) is 29.9 Å². The number of hydrogen-bond donors (Lipinski definition) is 1. The smallest absolute Gasteiger partial charge is 0.223 e. The number of aromatic nitrogens is 3. The lowest BCUT2D eigenvalue weighted by Gasteiger charge is -2.29. The van der Waals surface area contributed by atoms with Crippen molar-refractivity contribution in [2.24, 2.45) is 5.92 Å². The summed E-state index contributed by atoms with van der Waals surface area (Å²) in [5.41, 5.74) is 2.45. The minimum atomic E-state index is -0.140. The van der Waals surface area contributed by atoms with Crippen LogP contribution in [0.25, 0.3) is 0 Å². The summed E-state index contributed by atoms with van der Waals surface area (Å²) < 4.78 is 7.59. The van der Waals surface area contributed by atoms with E-state index in [0.717, 1.165) is 81.5 Å². The molecule has 0 unspecified atom stereocenters. The van der Waals surface area contributed by atoms with E-state index in [1.54, 1.807) is 7.11 Å². The molecule has 32 heavy (non-hydrogen) atoms. The first kappa shape index (κ1) is 22.7. The molecule has 1 atom stereocenters. The van der Waals surface area contributed by atoms with Gasteiger partial charge >= 0.3 is 0 Å². The second-order valence-corrected chi connectivity index (χ2v) is 9.26. The van der Waals surface area contributed by atoms with Gasteiger partial charge in [0.25, 0.3) is 0 Å². The van der Waals surface area contributed by atoms with Gasteiger partial charge in [0, 0.05) is 38.5 Å². The Morgan fingerprint density at radius 1 is 1.19 bits per heavy atom. The topological polar surface area (TPSA) is 75.5 Å². The lowest BCUT2D eigenvalue weighted by atomic mass is 9.96. The van der Waals surface area contributed by atoms with E-state index in [1.807, 2.05) is 13.0 Å². The maximum atomic E-state index is 12.8. The van der Waals surface area contributed by atoms with Crippen LogP contribution in [0.15, 0.2) is 18.2 Å². The number of carbonyl (C=O) groups excluding carboxylic acids is 1. The molecule has 4 rings (SSSR count). The molecule has 8 heteroatoms. The van der Waals surface area contributed by atoms with Gasteiger partial charge in [0.1, 0.15) is 11.6 Å². The molecule has 2 aliphatic rings. The van der Waals surface area contributed by atoms with Gasteiger partial charge in [-0.2, -0.15) is 0 Å². The molecule has 3 heterocycles. The quantitative estimate of drug-likeness (QED) is 0.742. The zero-order valence-electron chi connectivity index (χ0n) is 19.8. The molecule has 2 aliphatic heterocycles. The third kappa shape index (κ3) is 5.13. The minimum Gasteiger partial charge on any atom is -0.496 e. The standard InChI is InChI=1S/C24H36N6O2/c1-17-15-19(5-6-21(17)32-4)16-29-12-9-22-26-27-23(30(22)14-13-29)18(2)25-24(31)20-7-10-28(3)11-8-20/h5-6,15,18,20H,7-14,16H2,1-4H3,(H,25,31)/t18-/m1/s1. The van der Waals surface area contributed by atoms with Crippen LogP contribution in [0.3, 0.4) is 0 Å². The van der Waals surface area contributed by atoms with Crippen molar-refractivity contribution < 1.29 is 9.53 Å². The van der Waals surface area contributed by atoms with Crippen LogP contribution in [0.1, 0.15) is 48.6 Å². The minimum absolute atomic E-state index is 0.101. The average molecular weight is 441 g/mol. The van der Waals surface area contributed by atoms with Crippen LogP contribution in [0, 0.1) is 12.8 Å². The van der Waals surface area contributed by atoms with Crippen LogP contribution in [0.2, 0.25) is 0 Å². The van der Waals surface area contributed by atoms with Crippen LogP contribution >= 0.6 is 0 Å². The van der Waals surface area contributed by atoms with Crippen LogP contribution in [0.4, 0.5) is 0 Å². The number of aryl methyl sites for hydroxylation is 1. The molecule has 1 aromatic carbocycles. The van der Waals surface area contributed by atoms with Crippen molar-refractivity contribution in [2.75, 3.05) is 40.3 Å². The number of likely N-dealkylation sites (tertiary alicyclic amines) is 1. The van der Waals surface area contributed by atoms with Crippen molar-refractivity contribution in [2.45, 2.75) is 52.2 Å². The molecular weight excluding hydrogens is 404 g/mol. The van der Waals surface area contributed by atoms with Gasteiger partial charge in [0.15, 0.2) is 5.82 Å². The highest BCUT2D eigenvalue weighted by Gasteiger charge is 2.27. The summed E-state index contributed by atoms with van der Waals surface area (Å²) >= 11 is 0. The fraction of sp³-hybridized carbons (Fsp3) is 0.625. The summed E-state index contributed by atoms with van der Waals surface area (Å²) in [4.78, 5) is 17.5. The normalized spacial score (nSPS) is 19.2. The number of fused-ring (bicyclic) bond motifs is 1. The highest BCUT2D eigenvalue weighted by molar-refractivity contribution is 5.79. The van der Waals surface area contributed by atoms with Gasteiger partial charge in [-0.25, -0.2) is 0 Å². The molecule has 1 saturated heterocycles. The Hall–Kier alpha value is -2.45. The molecule has 1 amide bonds. The lowest BCUT2D eigenvalue weighted by Crippen LogP contribution is -2.40. The molecule has 1 aromatic heterocycles. The fourth-order valence-electron chi connectivity index (χ4n) is 4.83. The van der Waals surface area contributed by atoms with E-state index in [9.17, 15) is 4.79 Å². The van der Waals surface area contributed by atoms with Gasteiger partial charge in [-0.15, -0.1) is 10.2 Å². The number of nitrogens with zero attached hydrogens (tertiary/aromatic N) is 5. The van der Waals surface area contributed by atoms with E-state index in [2.05, 4.69) is 56.0 Å². The maximum Gasteiger partial charge on any atom is 0.223 e. The molecule has 0 spiro atoms. The van der Waals surface area contributed by atoms with E-state index >= 15 is 0 Å². The van der Waals surface area contributed by atoms with E-state index in [0.29, 0.717) is 0 Å². The third-order valence-corrected chi connectivity index (χ3v) is 6.85. The van der Waals surface area contributed by atoms with Crippen LogP contribution in [0.5, 0.6) is 5.75 Å². The monoisotopic (exact) mass is 440 g/mol. The van der Waals surface area contributed by atoms with Crippen molar-refractivity contribution in [3.63, 3.8) is 0 Å². The number of hydrogen-bond acceptors (Lipinski definition) is 6. The van der Waals surface area contributed by atoms with Crippen molar-refractivity contribution in [1.29, 1.82) is 0 Å². The van der Waals surface area contributed by atoms with Gasteiger partial charge in [0.2, 0.25) is 5.91 Å². The van der Waals surface area contributed by atoms with Gasteiger partial charge in [-0.1, -0.05) is 12.1 Å². The summed E-state index contributed by atoms with van der Waals surface area (Å²) in [5.74, 6) is 3.05. The summed E-state index contributed by atoms with van der Waals surface area (Å²) in [6, 6.07) is 6.25. The highest BCUT2D eigenvalue weighted by atomic mass is 16.5. The second-order valence-electron chi connectivity index (χ2n) is 9.26. The van der Waals surface area contributed by atoms with Gasteiger partial charge in [-0.3, -0.25) is 9.69 Å². The SMILES string of the molecule is COc1ccc(CN2CCc3nnc([C@@H](C)NC(=O)C4CCN(C)CC4)n3CC2)cc1C. The molecule has 0 aliphatic carbocycles. The molecule has 174 valence electrons. The van der Waals surface area contributed by atoms with E-state index in [4.69, 9.17) is 4.74 Å². The van der Waals surface area contributed by atoms with Gasteiger partial charge in [-0.05, 0) is 64.0 Å². The summed E-state index contributed by atoms with van der Waals surface area (Å²) in [6.07, 6.45) is 2.71. The Morgan fingerprint density at radius 2 is 1.97 bits per heavy atom. The van der Waals surface area contributed by atoms with Gasteiger partial charge < -0.3 is 19.5 Å². The van der Waals surface area contributed by atoms with Crippen LogP contribution in [-0.2, 0) is 24.3 Å². The molecule has 8 nitrogen and oxygen atoms in total. The number of piperidine rings is 1. The van der Waals surface area contributed by atoms with Crippen LogP contribution < -0.4 is 10.1 Å². The fourth-order valence-corrected chi connectivity index (χ4v) is 4.83. The molecule has 0 bridgehead atoms. The highest BCUT2D eigenvalue weighted by Crippen LogP contribution is 2.22. The predicted octanol–water partition coefficient (Wildman–Crippen LogP) is 2.17. The number of methoxy groups -OCH3 is 1. The number of nitrogens with one attached hydrogen (secondary N) is 1. The number of benzene rings is 1. The maximum absolute atomic E-state index is 12.8. The number of rotatable bonds is 6. The zero-order chi connectivity index (χ0) is 22.7. The van der Waals surface area contributed by atoms with Crippen molar-refractivity contribution >= 4 is 5.91 Å². The van der Waals surface area contributed by atoms with Gasteiger partial charge in [0.05, 0.1) is 13.2 Å². The van der Waals surface area contributed by atoms with E-state index in [1.165, 1.54) is 5.56 Å². The van der Waals surface area contributed by atoms with Crippen LogP contribution in [-0.4, -0.2) is 70.8 Å². The molecular formula is C24H36N6O2. The largest absolute Gasteiger partial charge is 0.496 e. The first-order valence-electron chi connectivity index (χ1n) is 11.7. The predicted molar refractivity (Wildman–Crippen MR) is 124 cm³/mol. The molecule has 0 saturated carbocycles. The molecule has 1 N–H and O–H groups in total. The van der Waals surface area contributed by atoms with E-state index in [-0.39, 0.29) is 17.9 Å². The lowest BCUT2D eigenvalue weighted by molar-refractivity contribution is -0.127. The number of amides is 1.